The second-order valence-electron chi connectivity index (χ2n) is 5.61. The van der Waals surface area contributed by atoms with Crippen molar-refractivity contribution >= 4 is 32.7 Å². The molecule has 0 bridgehead atoms. The van der Waals surface area contributed by atoms with Crippen molar-refractivity contribution in [2.45, 2.75) is 32.2 Å². The van der Waals surface area contributed by atoms with E-state index in [4.69, 9.17) is 0 Å². The third-order valence-electron chi connectivity index (χ3n) is 4.18. The molecule has 1 aliphatic carbocycles. The Balaban J connectivity index is 1.71. The summed E-state index contributed by atoms with van der Waals surface area (Å²) >= 11 is 3.45. The summed E-state index contributed by atoms with van der Waals surface area (Å²) in [4.78, 5) is 15.6. The molecule has 21 heavy (non-hydrogen) atoms. The maximum atomic E-state index is 12.3. The van der Waals surface area contributed by atoms with Gasteiger partial charge in [0, 0.05) is 21.1 Å². The molecule has 0 spiro atoms. The van der Waals surface area contributed by atoms with Gasteiger partial charge in [0.05, 0.1) is 12.6 Å². The standard InChI is InChI=1S/C16H16BrN3O/c17-12-3-4-14-11(7-12)8-13(20-14)9-19-15(21)16(10-18)5-1-2-6-16/h3-4,7-8,20H,1-2,5-6,9H2,(H,19,21). The largest absolute Gasteiger partial charge is 0.357 e. The monoisotopic (exact) mass is 345 g/mol. The summed E-state index contributed by atoms with van der Waals surface area (Å²) in [5.41, 5.74) is 1.18. The van der Waals surface area contributed by atoms with Gasteiger partial charge in [-0.15, -0.1) is 0 Å². The lowest BCUT2D eigenvalue weighted by Gasteiger charge is -2.18. The van der Waals surface area contributed by atoms with E-state index in [1.807, 2.05) is 24.3 Å². The number of rotatable bonds is 3. The smallest absolute Gasteiger partial charge is 0.240 e. The van der Waals surface area contributed by atoms with Crippen LogP contribution in [0.15, 0.2) is 28.7 Å². The number of carbonyl (C=O) groups is 1. The van der Waals surface area contributed by atoms with Crippen LogP contribution in [-0.4, -0.2) is 10.9 Å². The number of nitrogens with zero attached hydrogens (tertiary/aromatic N) is 1. The number of nitrogens with one attached hydrogen (secondary N) is 2. The second kappa shape index (κ2) is 5.53. The number of fused-ring (bicyclic) bond motifs is 1. The SMILES string of the molecule is N#CC1(C(=O)NCc2cc3cc(Br)ccc3[nH]2)CCCC1. The number of H-pyrrole nitrogens is 1. The minimum absolute atomic E-state index is 0.137. The van der Waals surface area contributed by atoms with Gasteiger partial charge in [0.15, 0.2) is 0 Å². The fourth-order valence-electron chi connectivity index (χ4n) is 2.97. The molecule has 1 amide bonds. The first-order chi connectivity index (χ1) is 10.1. The minimum Gasteiger partial charge on any atom is -0.357 e. The van der Waals surface area contributed by atoms with E-state index < -0.39 is 5.41 Å². The molecule has 1 fully saturated rings. The number of benzene rings is 1. The first-order valence-electron chi connectivity index (χ1n) is 7.10. The molecule has 1 saturated carbocycles. The first-order valence-corrected chi connectivity index (χ1v) is 7.89. The number of hydrogen-bond acceptors (Lipinski definition) is 2. The van der Waals surface area contributed by atoms with Crippen LogP contribution in [0.5, 0.6) is 0 Å². The highest BCUT2D eigenvalue weighted by Gasteiger charge is 2.41. The van der Waals surface area contributed by atoms with Crippen LogP contribution in [0.1, 0.15) is 31.4 Å². The van der Waals surface area contributed by atoms with Crippen LogP contribution in [0.25, 0.3) is 10.9 Å². The molecule has 2 N–H and O–H groups in total. The average Bonchev–Trinajstić information content (AvgIpc) is 3.11. The Labute approximate surface area is 131 Å². The van der Waals surface area contributed by atoms with Gasteiger partial charge in [0.2, 0.25) is 5.91 Å². The van der Waals surface area contributed by atoms with Gasteiger partial charge in [-0.25, -0.2) is 0 Å². The van der Waals surface area contributed by atoms with Crippen molar-refractivity contribution in [3.05, 3.63) is 34.4 Å². The molecule has 1 heterocycles. The lowest BCUT2D eigenvalue weighted by molar-refractivity contribution is -0.128. The van der Waals surface area contributed by atoms with Crippen LogP contribution < -0.4 is 5.32 Å². The van der Waals surface area contributed by atoms with Gasteiger partial charge in [-0.2, -0.15) is 5.26 Å². The van der Waals surface area contributed by atoms with E-state index in [0.29, 0.717) is 19.4 Å². The van der Waals surface area contributed by atoms with E-state index in [9.17, 15) is 10.1 Å². The van der Waals surface area contributed by atoms with Crippen molar-refractivity contribution < 1.29 is 4.79 Å². The number of nitriles is 1. The molecule has 1 aromatic carbocycles. The Bertz CT molecular complexity index is 723. The molecule has 2 aromatic rings. The molecule has 4 nitrogen and oxygen atoms in total. The summed E-state index contributed by atoms with van der Waals surface area (Å²) in [5, 5.41) is 13.3. The Morgan fingerprint density at radius 1 is 1.38 bits per heavy atom. The molecule has 0 atom stereocenters. The summed E-state index contributed by atoms with van der Waals surface area (Å²) in [6.07, 6.45) is 3.27. The van der Waals surface area contributed by atoms with Gasteiger partial charge in [-0.1, -0.05) is 28.8 Å². The van der Waals surface area contributed by atoms with E-state index in [1.54, 1.807) is 0 Å². The van der Waals surface area contributed by atoms with Crippen molar-refractivity contribution in [3.63, 3.8) is 0 Å². The van der Waals surface area contributed by atoms with E-state index in [-0.39, 0.29) is 5.91 Å². The van der Waals surface area contributed by atoms with Crippen molar-refractivity contribution in [3.8, 4) is 6.07 Å². The fraction of sp³-hybridized carbons (Fsp3) is 0.375. The average molecular weight is 346 g/mol. The van der Waals surface area contributed by atoms with E-state index in [1.165, 1.54) is 0 Å². The number of carbonyl (C=O) groups excluding carboxylic acids is 1. The maximum Gasteiger partial charge on any atom is 0.240 e. The predicted octanol–water partition coefficient (Wildman–Crippen LogP) is 3.63. The fourth-order valence-corrected chi connectivity index (χ4v) is 3.35. The Morgan fingerprint density at radius 3 is 2.86 bits per heavy atom. The highest BCUT2D eigenvalue weighted by molar-refractivity contribution is 9.10. The zero-order valence-corrected chi connectivity index (χ0v) is 13.2. The third kappa shape index (κ3) is 2.68. The van der Waals surface area contributed by atoms with Crippen LogP contribution >= 0.6 is 15.9 Å². The van der Waals surface area contributed by atoms with Crippen LogP contribution in [0.2, 0.25) is 0 Å². The van der Waals surface area contributed by atoms with Crippen LogP contribution in [0.3, 0.4) is 0 Å². The van der Waals surface area contributed by atoms with E-state index >= 15 is 0 Å². The summed E-state index contributed by atoms with van der Waals surface area (Å²) in [7, 11) is 0. The molecule has 3 rings (SSSR count). The number of halogens is 1. The van der Waals surface area contributed by atoms with E-state index in [2.05, 4.69) is 32.3 Å². The normalized spacial score (nSPS) is 16.8. The molecule has 5 heteroatoms. The van der Waals surface area contributed by atoms with Crippen LogP contribution in [-0.2, 0) is 11.3 Å². The number of aromatic nitrogens is 1. The lowest BCUT2D eigenvalue weighted by Crippen LogP contribution is -2.37. The summed E-state index contributed by atoms with van der Waals surface area (Å²) in [6, 6.07) is 10.2. The Hall–Kier alpha value is -1.80. The second-order valence-corrected chi connectivity index (χ2v) is 6.53. The van der Waals surface area contributed by atoms with Crippen molar-refractivity contribution in [2.24, 2.45) is 5.41 Å². The van der Waals surface area contributed by atoms with Crippen LogP contribution in [0, 0.1) is 16.7 Å². The zero-order chi connectivity index (χ0) is 14.9. The molecular formula is C16H16BrN3O. The summed E-state index contributed by atoms with van der Waals surface area (Å²) in [5.74, 6) is -0.137. The minimum atomic E-state index is -0.810. The first kappa shape index (κ1) is 14.2. The van der Waals surface area contributed by atoms with Gasteiger partial charge in [-0.05, 0) is 37.1 Å². The van der Waals surface area contributed by atoms with Gasteiger partial charge in [0.25, 0.3) is 0 Å². The van der Waals surface area contributed by atoms with Crippen molar-refractivity contribution in [2.75, 3.05) is 0 Å². The highest BCUT2D eigenvalue weighted by atomic mass is 79.9. The Morgan fingerprint density at radius 2 is 2.14 bits per heavy atom. The van der Waals surface area contributed by atoms with Crippen molar-refractivity contribution in [1.82, 2.24) is 10.3 Å². The molecule has 0 radical (unpaired) electrons. The van der Waals surface area contributed by atoms with Gasteiger partial charge in [0.1, 0.15) is 5.41 Å². The molecule has 0 saturated heterocycles. The van der Waals surface area contributed by atoms with E-state index in [0.717, 1.165) is 33.9 Å². The topological polar surface area (TPSA) is 68.7 Å². The lowest BCUT2D eigenvalue weighted by atomic mass is 9.87. The zero-order valence-electron chi connectivity index (χ0n) is 11.6. The summed E-state index contributed by atoms with van der Waals surface area (Å²) in [6.45, 7) is 0.425. The molecular weight excluding hydrogens is 330 g/mol. The predicted molar refractivity (Wildman–Crippen MR) is 84.4 cm³/mol. The molecule has 1 aliphatic rings. The molecule has 0 aliphatic heterocycles. The molecule has 1 aromatic heterocycles. The van der Waals surface area contributed by atoms with Gasteiger partial charge in [-0.3, -0.25) is 4.79 Å². The quantitative estimate of drug-likeness (QED) is 0.891. The van der Waals surface area contributed by atoms with Gasteiger partial charge >= 0.3 is 0 Å². The van der Waals surface area contributed by atoms with Crippen LogP contribution in [0.4, 0.5) is 0 Å². The molecule has 0 unspecified atom stereocenters. The van der Waals surface area contributed by atoms with Gasteiger partial charge < -0.3 is 10.3 Å². The highest BCUT2D eigenvalue weighted by Crippen LogP contribution is 2.37. The number of aromatic amines is 1. The maximum absolute atomic E-state index is 12.3. The third-order valence-corrected chi connectivity index (χ3v) is 4.68. The Kier molecular flexibility index (Phi) is 3.73. The number of hydrogen-bond donors (Lipinski definition) is 2. The number of amides is 1. The van der Waals surface area contributed by atoms with Crippen molar-refractivity contribution in [1.29, 1.82) is 5.26 Å². The summed E-state index contributed by atoms with van der Waals surface area (Å²) < 4.78 is 1.03. The molecule has 108 valence electrons.